The third-order valence-electron chi connectivity index (χ3n) is 3.32. The maximum atomic E-state index is 12.2. The molecule has 0 saturated heterocycles. The number of nitrogens with one attached hydrogen (secondary N) is 1. The fourth-order valence-electron chi connectivity index (χ4n) is 2.25. The molecule has 0 unspecified atom stereocenters. The van der Waals surface area contributed by atoms with Crippen molar-refractivity contribution in [2.45, 2.75) is 19.8 Å². The van der Waals surface area contributed by atoms with Crippen LogP contribution in [0.4, 0.5) is 0 Å². The van der Waals surface area contributed by atoms with E-state index in [0.717, 1.165) is 16.6 Å². The van der Waals surface area contributed by atoms with Crippen LogP contribution in [0.3, 0.4) is 0 Å². The Balaban J connectivity index is 2.35. The van der Waals surface area contributed by atoms with E-state index in [1.165, 1.54) is 0 Å². The van der Waals surface area contributed by atoms with Crippen molar-refractivity contribution >= 4 is 10.9 Å². The Kier molecular flexibility index (Phi) is 2.89. The van der Waals surface area contributed by atoms with Crippen molar-refractivity contribution in [3.05, 3.63) is 46.8 Å². The van der Waals surface area contributed by atoms with Crippen molar-refractivity contribution in [3.8, 4) is 11.1 Å². The molecular weight excluding hydrogens is 252 g/mol. The molecule has 0 spiro atoms. The fraction of sp³-hybridized carbons (Fsp3) is 0.267. The van der Waals surface area contributed by atoms with Crippen LogP contribution >= 0.6 is 0 Å². The largest absolute Gasteiger partial charge is 0.310 e. The van der Waals surface area contributed by atoms with Gasteiger partial charge in [-0.25, -0.2) is 4.98 Å². The Morgan fingerprint density at radius 2 is 2.10 bits per heavy atom. The zero-order chi connectivity index (χ0) is 14.3. The van der Waals surface area contributed by atoms with Gasteiger partial charge in [-0.1, -0.05) is 26.0 Å². The number of aryl methyl sites for hydroxylation is 1. The summed E-state index contributed by atoms with van der Waals surface area (Å²) in [5, 5.41) is 4.79. The number of benzene rings is 1. The van der Waals surface area contributed by atoms with Gasteiger partial charge in [-0.3, -0.25) is 9.48 Å². The van der Waals surface area contributed by atoms with Gasteiger partial charge >= 0.3 is 0 Å². The average molecular weight is 268 g/mol. The molecule has 0 amide bonds. The van der Waals surface area contributed by atoms with E-state index in [9.17, 15) is 4.79 Å². The molecular formula is C15H16N4O. The fourth-order valence-corrected chi connectivity index (χ4v) is 2.25. The van der Waals surface area contributed by atoms with Crippen LogP contribution in [0.2, 0.25) is 0 Å². The summed E-state index contributed by atoms with van der Waals surface area (Å²) in [4.78, 5) is 19.7. The molecule has 20 heavy (non-hydrogen) atoms. The first-order valence-corrected chi connectivity index (χ1v) is 6.58. The highest BCUT2D eigenvalue weighted by atomic mass is 16.1. The number of nitrogens with zero attached hydrogens (tertiary/aromatic N) is 3. The van der Waals surface area contributed by atoms with Crippen LogP contribution in [0.5, 0.6) is 0 Å². The SMILES string of the molecule is CC(C)c1nc2c(-c3cnn(C)c3)cccc2c(=O)[nH]1. The van der Waals surface area contributed by atoms with E-state index >= 15 is 0 Å². The summed E-state index contributed by atoms with van der Waals surface area (Å²) in [7, 11) is 1.87. The molecule has 0 aliphatic carbocycles. The lowest BCUT2D eigenvalue weighted by Gasteiger charge is -2.08. The third kappa shape index (κ3) is 2.01. The minimum Gasteiger partial charge on any atom is -0.310 e. The summed E-state index contributed by atoms with van der Waals surface area (Å²) in [6, 6.07) is 5.64. The zero-order valence-electron chi connectivity index (χ0n) is 11.7. The number of rotatable bonds is 2. The van der Waals surface area contributed by atoms with E-state index in [0.29, 0.717) is 11.2 Å². The van der Waals surface area contributed by atoms with Crippen LogP contribution in [-0.2, 0) is 7.05 Å². The summed E-state index contributed by atoms with van der Waals surface area (Å²) in [6.45, 7) is 4.02. The smallest absolute Gasteiger partial charge is 0.258 e. The molecule has 0 saturated carbocycles. The molecule has 0 aliphatic rings. The van der Waals surface area contributed by atoms with Crippen molar-refractivity contribution in [2.24, 2.45) is 7.05 Å². The van der Waals surface area contributed by atoms with Crippen LogP contribution in [0.25, 0.3) is 22.0 Å². The Morgan fingerprint density at radius 1 is 1.30 bits per heavy atom. The molecule has 2 aromatic heterocycles. The van der Waals surface area contributed by atoms with Gasteiger partial charge in [-0.15, -0.1) is 0 Å². The molecule has 1 aromatic carbocycles. The molecule has 5 heteroatoms. The van der Waals surface area contributed by atoms with Gasteiger partial charge in [-0.05, 0) is 6.07 Å². The van der Waals surface area contributed by atoms with Gasteiger partial charge in [0.1, 0.15) is 5.82 Å². The molecule has 0 aliphatic heterocycles. The number of para-hydroxylation sites is 1. The van der Waals surface area contributed by atoms with Gasteiger partial charge < -0.3 is 4.98 Å². The molecule has 102 valence electrons. The molecule has 0 radical (unpaired) electrons. The third-order valence-corrected chi connectivity index (χ3v) is 3.32. The molecule has 3 rings (SSSR count). The number of fused-ring (bicyclic) bond motifs is 1. The molecule has 3 aromatic rings. The Hall–Kier alpha value is -2.43. The molecule has 2 heterocycles. The number of aromatic amines is 1. The molecule has 0 fully saturated rings. The standard InChI is InChI=1S/C15H16N4O/c1-9(2)14-17-13-11(10-7-16-19(3)8-10)5-4-6-12(13)15(20)18-14/h4-9H,1-3H3,(H,17,18,20). The van der Waals surface area contributed by atoms with Gasteiger partial charge in [0.25, 0.3) is 5.56 Å². The van der Waals surface area contributed by atoms with Gasteiger partial charge in [0.05, 0.1) is 17.1 Å². The van der Waals surface area contributed by atoms with Crippen molar-refractivity contribution in [3.63, 3.8) is 0 Å². The van der Waals surface area contributed by atoms with Crippen LogP contribution in [-0.4, -0.2) is 19.7 Å². The van der Waals surface area contributed by atoms with Gasteiger partial charge in [0, 0.05) is 30.3 Å². The van der Waals surface area contributed by atoms with Crippen LogP contribution in [0.1, 0.15) is 25.6 Å². The summed E-state index contributed by atoms with van der Waals surface area (Å²) in [6.07, 6.45) is 3.71. The Morgan fingerprint density at radius 3 is 2.75 bits per heavy atom. The predicted octanol–water partition coefficient (Wildman–Crippen LogP) is 2.45. The van der Waals surface area contributed by atoms with E-state index in [-0.39, 0.29) is 11.5 Å². The van der Waals surface area contributed by atoms with Crippen molar-refractivity contribution in [2.75, 3.05) is 0 Å². The van der Waals surface area contributed by atoms with Crippen molar-refractivity contribution in [1.82, 2.24) is 19.7 Å². The minimum atomic E-state index is -0.0931. The van der Waals surface area contributed by atoms with Crippen molar-refractivity contribution < 1.29 is 0 Å². The van der Waals surface area contributed by atoms with Gasteiger partial charge in [-0.2, -0.15) is 5.10 Å². The number of H-pyrrole nitrogens is 1. The average Bonchev–Trinajstić information content (AvgIpc) is 2.84. The summed E-state index contributed by atoms with van der Waals surface area (Å²) >= 11 is 0. The zero-order valence-corrected chi connectivity index (χ0v) is 11.7. The van der Waals surface area contributed by atoms with Gasteiger partial charge in [0.15, 0.2) is 0 Å². The second-order valence-corrected chi connectivity index (χ2v) is 5.21. The highest BCUT2D eigenvalue weighted by Crippen LogP contribution is 2.25. The van der Waals surface area contributed by atoms with E-state index in [4.69, 9.17) is 0 Å². The number of hydrogen-bond donors (Lipinski definition) is 1. The first kappa shape index (κ1) is 12.6. The Labute approximate surface area is 116 Å². The number of hydrogen-bond acceptors (Lipinski definition) is 3. The minimum absolute atomic E-state index is 0.0931. The lowest BCUT2D eigenvalue weighted by Crippen LogP contribution is -2.13. The first-order chi connectivity index (χ1) is 9.56. The van der Waals surface area contributed by atoms with Gasteiger partial charge in [0.2, 0.25) is 0 Å². The van der Waals surface area contributed by atoms with E-state index in [2.05, 4.69) is 15.1 Å². The molecule has 5 nitrogen and oxygen atoms in total. The first-order valence-electron chi connectivity index (χ1n) is 6.58. The normalized spacial score (nSPS) is 11.4. The van der Waals surface area contributed by atoms with Crippen LogP contribution in [0.15, 0.2) is 35.4 Å². The monoisotopic (exact) mass is 268 g/mol. The molecule has 0 bridgehead atoms. The summed E-state index contributed by atoms with van der Waals surface area (Å²) in [5.41, 5.74) is 2.53. The quantitative estimate of drug-likeness (QED) is 0.776. The second-order valence-electron chi connectivity index (χ2n) is 5.21. The molecule has 1 N–H and O–H groups in total. The number of aromatic nitrogens is 4. The van der Waals surface area contributed by atoms with Crippen LogP contribution < -0.4 is 5.56 Å². The predicted molar refractivity (Wildman–Crippen MR) is 78.7 cm³/mol. The summed E-state index contributed by atoms with van der Waals surface area (Å²) in [5.74, 6) is 0.882. The van der Waals surface area contributed by atoms with Crippen LogP contribution in [0, 0.1) is 0 Å². The summed E-state index contributed by atoms with van der Waals surface area (Å²) < 4.78 is 1.74. The van der Waals surface area contributed by atoms with Crippen molar-refractivity contribution in [1.29, 1.82) is 0 Å². The van der Waals surface area contributed by atoms with E-state index < -0.39 is 0 Å². The Bertz CT molecular complexity index is 829. The van der Waals surface area contributed by atoms with E-state index in [1.807, 2.05) is 39.2 Å². The topological polar surface area (TPSA) is 63.6 Å². The second kappa shape index (κ2) is 4.59. The lowest BCUT2D eigenvalue weighted by atomic mass is 10.1. The maximum Gasteiger partial charge on any atom is 0.258 e. The highest BCUT2D eigenvalue weighted by Gasteiger charge is 2.12. The highest BCUT2D eigenvalue weighted by molar-refractivity contribution is 5.92. The lowest BCUT2D eigenvalue weighted by molar-refractivity contribution is 0.768. The maximum absolute atomic E-state index is 12.2. The molecule has 0 atom stereocenters. The van der Waals surface area contributed by atoms with E-state index in [1.54, 1.807) is 16.9 Å².